The van der Waals surface area contributed by atoms with Crippen LogP contribution in [0.1, 0.15) is 25.0 Å². The first kappa shape index (κ1) is 12.4. The Balaban J connectivity index is 0.000000174. The predicted molar refractivity (Wildman–Crippen MR) is 75.2 cm³/mol. The van der Waals surface area contributed by atoms with Crippen LogP contribution in [0.15, 0.2) is 36.4 Å². The van der Waals surface area contributed by atoms with E-state index in [9.17, 15) is 4.79 Å². The van der Waals surface area contributed by atoms with Gasteiger partial charge in [0, 0.05) is 6.92 Å². The molecular formula is C16H16O2. The molecular weight excluding hydrogens is 224 g/mol. The van der Waals surface area contributed by atoms with Crippen molar-refractivity contribution in [3.05, 3.63) is 47.5 Å². The highest BCUT2D eigenvalue weighted by Crippen LogP contribution is 2.30. The summed E-state index contributed by atoms with van der Waals surface area (Å²) in [7, 11) is 0. The maximum absolute atomic E-state index is 9.82. The van der Waals surface area contributed by atoms with Crippen LogP contribution in [0.4, 0.5) is 0 Å². The van der Waals surface area contributed by atoms with E-state index in [4.69, 9.17) is 0 Å². The van der Waals surface area contributed by atoms with Crippen LogP contribution >= 0.6 is 0 Å². The van der Waals surface area contributed by atoms with Gasteiger partial charge in [-0.2, -0.15) is 0 Å². The lowest BCUT2D eigenvalue weighted by atomic mass is 10.0. The molecule has 1 aliphatic carbocycles. The Hall–Kier alpha value is -2.09. The summed E-state index contributed by atoms with van der Waals surface area (Å²) in [6.45, 7) is 3.65. The number of ether oxygens (including phenoxy) is 1. The standard InChI is InChI=1S/C12H8.C4H8O2/c1-3-9-4-2-6-11-8-7-10(5-1)12(9)11;1-3-6-4(2)5/h1-8H;3H2,1-2H3. The van der Waals surface area contributed by atoms with Crippen molar-refractivity contribution >= 4 is 28.9 Å². The lowest BCUT2D eigenvalue weighted by molar-refractivity contribution is -0.140. The predicted octanol–water partition coefficient (Wildman–Crippen LogP) is 3.89. The van der Waals surface area contributed by atoms with Crippen molar-refractivity contribution in [2.45, 2.75) is 13.8 Å². The number of esters is 1. The molecule has 2 aromatic carbocycles. The van der Waals surface area contributed by atoms with E-state index in [1.54, 1.807) is 6.92 Å². The summed E-state index contributed by atoms with van der Waals surface area (Å²) in [5.74, 6) is -0.211. The molecule has 0 radical (unpaired) electrons. The molecule has 2 nitrogen and oxygen atoms in total. The number of hydrogen-bond donors (Lipinski definition) is 0. The van der Waals surface area contributed by atoms with Crippen molar-refractivity contribution < 1.29 is 9.53 Å². The Bertz CT molecular complexity index is 556. The summed E-state index contributed by atoms with van der Waals surface area (Å²) in [5, 5.41) is 2.75. The van der Waals surface area contributed by atoms with E-state index in [1.807, 2.05) is 0 Å². The molecule has 0 aromatic heterocycles. The van der Waals surface area contributed by atoms with Crippen LogP contribution in [0.5, 0.6) is 0 Å². The van der Waals surface area contributed by atoms with Gasteiger partial charge in [0.25, 0.3) is 0 Å². The summed E-state index contributed by atoms with van der Waals surface area (Å²) in [4.78, 5) is 9.82. The molecule has 0 fully saturated rings. The first-order chi connectivity index (χ1) is 8.72. The zero-order valence-corrected chi connectivity index (χ0v) is 10.6. The van der Waals surface area contributed by atoms with Crippen LogP contribution in [0.25, 0.3) is 22.9 Å². The van der Waals surface area contributed by atoms with Gasteiger partial charge in [-0.1, -0.05) is 48.6 Å². The molecule has 2 heteroatoms. The summed E-state index contributed by atoms with van der Waals surface area (Å²) in [5.41, 5.74) is 2.70. The number of carbonyl (C=O) groups is 1. The fraction of sp³-hybridized carbons (Fsp3) is 0.188. The molecule has 1 aliphatic rings. The lowest BCUT2D eigenvalue weighted by Gasteiger charge is -1.99. The summed E-state index contributed by atoms with van der Waals surface area (Å²) >= 11 is 0. The van der Waals surface area contributed by atoms with Gasteiger partial charge in [0.2, 0.25) is 0 Å². The summed E-state index contributed by atoms with van der Waals surface area (Å²) in [6, 6.07) is 12.9. The van der Waals surface area contributed by atoms with E-state index >= 15 is 0 Å². The minimum atomic E-state index is -0.211. The maximum atomic E-state index is 9.82. The Labute approximate surface area is 107 Å². The van der Waals surface area contributed by atoms with Crippen molar-refractivity contribution in [3.63, 3.8) is 0 Å². The average Bonchev–Trinajstić information content (AvgIpc) is 2.76. The van der Waals surface area contributed by atoms with Crippen LogP contribution in [0.3, 0.4) is 0 Å². The molecule has 3 rings (SSSR count). The second kappa shape index (κ2) is 5.50. The molecule has 0 unspecified atom stereocenters. The van der Waals surface area contributed by atoms with Gasteiger partial charge in [0.1, 0.15) is 0 Å². The van der Waals surface area contributed by atoms with Crippen LogP contribution < -0.4 is 0 Å². The van der Waals surface area contributed by atoms with Gasteiger partial charge in [0.15, 0.2) is 0 Å². The molecule has 0 spiro atoms. The average molecular weight is 240 g/mol. The van der Waals surface area contributed by atoms with E-state index in [-0.39, 0.29) is 5.97 Å². The molecule has 0 aliphatic heterocycles. The molecule has 0 N–H and O–H groups in total. The van der Waals surface area contributed by atoms with E-state index in [2.05, 4.69) is 53.3 Å². The van der Waals surface area contributed by atoms with Gasteiger partial charge in [-0.15, -0.1) is 0 Å². The SMILES string of the molecule is C1=Cc2cccc3cccc1c23.CCOC(C)=O. The van der Waals surface area contributed by atoms with E-state index < -0.39 is 0 Å². The van der Waals surface area contributed by atoms with E-state index in [0.717, 1.165) is 0 Å². The second-order valence-electron chi connectivity index (χ2n) is 4.05. The fourth-order valence-electron chi connectivity index (χ4n) is 2.06. The molecule has 92 valence electrons. The van der Waals surface area contributed by atoms with E-state index in [0.29, 0.717) is 6.61 Å². The Kier molecular flexibility index (Phi) is 3.78. The van der Waals surface area contributed by atoms with Crippen molar-refractivity contribution in [2.75, 3.05) is 6.61 Å². The Morgan fingerprint density at radius 3 is 2.00 bits per heavy atom. The minimum Gasteiger partial charge on any atom is -0.466 e. The Morgan fingerprint density at radius 2 is 1.61 bits per heavy atom. The third kappa shape index (κ3) is 2.59. The zero-order chi connectivity index (χ0) is 13.0. The molecule has 0 bridgehead atoms. The third-order valence-electron chi connectivity index (χ3n) is 2.76. The van der Waals surface area contributed by atoms with Crippen LogP contribution in [0.2, 0.25) is 0 Å². The molecule has 0 saturated carbocycles. The van der Waals surface area contributed by atoms with Gasteiger partial charge in [0.05, 0.1) is 6.61 Å². The first-order valence-electron chi connectivity index (χ1n) is 6.05. The number of benzene rings is 2. The third-order valence-corrected chi connectivity index (χ3v) is 2.76. The van der Waals surface area contributed by atoms with Gasteiger partial charge >= 0.3 is 5.97 Å². The monoisotopic (exact) mass is 240 g/mol. The van der Waals surface area contributed by atoms with E-state index in [1.165, 1.54) is 28.8 Å². The summed E-state index contributed by atoms with van der Waals surface area (Å²) < 4.78 is 4.40. The molecule has 0 saturated heterocycles. The molecule has 18 heavy (non-hydrogen) atoms. The Morgan fingerprint density at radius 1 is 1.06 bits per heavy atom. The number of carbonyl (C=O) groups excluding carboxylic acids is 1. The fourth-order valence-corrected chi connectivity index (χ4v) is 2.06. The van der Waals surface area contributed by atoms with Crippen LogP contribution in [-0.4, -0.2) is 12.6 Å². The maximum Gasteiger partial charge on any atom is 0.302 e. The summed E-state index contributed by atoms with van der Waals surface area (Å²) in [6.07, 6.45) is 4.36. The lowest BCUT2D eigenvalue weighted by Crippen LogP contribution is -1.95. The van der Waals surface area contributed by atoms with Crippen molar-refractivity contribution in [3.8, 4) is 0 Å². The highest BCUT2D eigenvalue weighted by atomic mass is 16.5. The normalized spacial score (nSPS) is 11.0. The van der Waals surface area contributed by atoms with Crippen molar-refractivity contribution in [1.82, 2.24) is 0 Å². The van der Waals surface area contributed by atoms with Gasteiger partial charge in [-0.3, -0.25) is 4.79 Å². The molecule has 0 amide bonds. The smallest absolute Gasteiger partial charge is 0.302 e. The van der Waals surface area contributed by atoms with Gasteiger partial charge in [-0.05, 0) is 28.8 Å². The zero-order valence-electron chi connectivity index (χ0n) is 10.6. The first-order valence-corrected chi connectivity index (χ1v) is 6.05. The van der Waals surface area contributed by atoms with Gasteiger partial charge < -0.3 is 4.74 Å². The van der Waals surface area contributed by atoms with Crippen molar-refractivity contribution in [2.24, 2.45) is 0 Å². The largest absolute Gasteiger partial charge is 0.466 e. The minimum absolute atomic E-state index is 0.211. The van der Waals surface area contributed by atoms with Crippen molar-refractivity contribution in [1.29, 1.82) is 0 Å². The molecule has 2 aromatic rings. The number of hydrogen-bond acceptors (Lipinski definition) is 2. The highest BCUT2D eigenvalue weighted by molar-refractivity contribution is 6.04. The topological polar surface area (TPSA) is 26.3 Å². The quantitative estimate of drug-likeness (QED) is 0.603. The second-order valence-corrected chi connectivity index (χ2v) is 4.05. The highest BCUT2D eigenvalue weighted by Gasteiger charge is 2.06. The van der Waals surface area contributed by atoms with Crippen LogP contribution in [0, 0.1) is 0 Å². The van der Waals surface area contributed by atoms with Gasteiger partial charge in [-0.25, -0.2) is 0 Å². The molecule has 0 heterocycles. The number of rotatable bonds is 1. The molecule has 0 atom stereocenters. The van der Waals surface area contributed by atoms with Crippen LogP contribution in [-0.2, 0) is 9.53 Å².